The van der Waals surface area contributed by atoms with Gasteiger partial charge >= 0.3 is 5.69 Å². The summed E-state index contributed by atoms with van der Waals surface area (Å²) in [6.07, 6.45) is 0. The van der Waals surface area contributed by atoms with E-state index in [9.17, 15) is 14.4 Å². The lowest BCUT2D eigenvalue weighted by Crippen LogP contribution is -2.38. The minimum absolute atomic E-state index is 0.0232. The summed E-state index contributed by atoms with van der Waals surface area (Å²) in [5.74, 6) is -0.495. The molecule has 3 N–H and O–H groups in total. The van der Waals surface area contributed by atoms with Crippen LogP contribution >= 0.6 is 23.2 Å². The number of hydrogen-bond acceptors (Lipinski definition) is 6. The minimum atomic E-state index is -0.668. The third-order valence-electron chi connectivity index (χ3n) is 5.40. The molecule has 174 valence electrons. The van der Waals surface area contributed by atoms with Crippen LogP contribution in [0.2, 0.25) is 10.0 Å². The van der Waals surface area contributed by atoms with Crippen molar-refractivity contribution in [2.45, 2.75) is 0 Å². The monoisotopic (exact) mass is 499 g/mol. The van der Waals surface area contributed by atoms with Crippen molar-refractivity contribution < 1.29 is 9.53 Å². The standard InChI is InChI=1S/C23H19Cl2N5O4/c1-29-20-18(22(32)30(2)23(29)33)16(12-6-4-5-7-13(12)25)17(19(26)28-20)21(31)27-14-10-11(24)8-9-15(14)34-3/h4-10H,1-3H3,(H2,26,28)(H,27,31). The largest absolute Gasteiger partial charge is 0.495 e. The number of nitrogens with one attached hydrogen (secondary N) is 1. The van der Waals surface area contributed by atoms with Gasteiger partial charge in [-0.15, -0.1) is 0 Å². The molecule has 2 heterocycles. The van der Waals surface area contributed by atoms with E-state index in [4.69, 9.17) is 33.7 Å². The lowest BCUT2D eigenvalue weighted by Gasteiger charge is -2.18. The fraction of sp³-hybridized carbons (Fsp3) is 0.130. The van der Waals surface area contributed by atoms with Crippen molar-refractivity contribution in [3.8, 4) is 16.9 Å². The van der Waals surface area contributed by atoms with Gasteiger partial charge in [0.2, 0.25) is 0 Å². The van der Waals surface area contributed by atoms with Gasteiger partial charge in [0.1, 0.15) is 11.6 Å². The Labute approximate surface area is 203 Å². The van der Waals surface area contributed by atoms with Crippen molar-refractivity contribution in [3.05, 3.63) is 78.9 Å². The predicted octanol–water partition coefficient (Wildman–Crippen LogP) is 3.45. The lowest BCUT2D eigenvalue weighted by molar-refractivity contribution is 0.102. The van der Waals surface area contributed by atoms with E-state index in [2.05, 4.69) is 10.3 Å². The molecule has 0 spiro atoms. The number of hydrogen-bond donors (Lipinski definition) is 2. The molecular weight excluding hydrogens is 481 g/mol. The molecule has 4 aromatic rings. The highest BCUT2D eigenvalue weighted by Gasteiger charge is 2.27. The van der Waals surface area contributed by atoms with E-state index in [-0.39, 0.29) is 38.7 Å². The van der Waals surface area contributed by atoms with Crippen LogP contribution in [0.5, 0.6) is 5.75 Å². The molecule has 11 heteroatoms. The number of halogens is 2. The number of aryl methyl sites for hydroxylation is 1. The van der Waals surface area contributed by atoms with Gasteiger partial charge in [-0.3, -0.25) is 18.7 Å². The third-order valence-corrected chi connectivity index (χ3v) is 5.96. The van der Waals surface area contributed by atoms with E-state index in [0.29, 0.717) is 16.3 Å². The summed E-state index contributed by atoms with van der Waals surface area (Å²) in [4.78, 5) is 43.6. The van der Waals surface area contributed by atoms with Crippen molar-refractivity contribution in [3.63, 3.8) is 0 Å². The summed E-state index contributed by atoms with van der Waals surface area (Å²) in [5, 5.41) is 3.40. The highest BCUT2D eigenvalue weighted by Crippen LogP contribution is 2.37. The van der Waals surface area contributed by atoms with Crippen molar-refractivity contribution in [1.82, 2.24) is 14.1 Å². The first-order valence-corrected chi connectivity index (χ1v) is 10.7. The average molecular weight is 500 g/mol. The molecular formula is C23H19Cl2N5O4. The number of rotatable bonds is 4. The molecule has 0 atom stereocenters. The van der Waals surface area contributed by atoms with Crippen molar-refractivity contribution in [2.75, 3.05) is 18.2 Å². The Kier molecular flexibility index (Phi) is 6.07. The first kappa shape index (κ1) is 23.3. The summed E-state index contributed by atoms with van der Waals surface area (Å²) in [6, 6.07) is 11.4. The Bertz CT molecular complexity index is 1590. The second-order valence-corrected chi connectivity index (χ2v) is 8.27. The Hall–Kier alpha value is -3.82. The molecule has 2 aromatic carbocycles. The highest BCUT2D eigenvalue weighted by molar-refractivity contribution is 6.34. The Balaban J connectivity index is 2.10. The van der Waals surface area contributed by atoms with Crippen LogP contribution in [0.4, 0.5) is 11.5 Å². The maximum Gasteiger partial charge on any atom is 0.332 e. The number of pyridine rings is 1. The maximum atomic E-state index is 13.6. The quantitative estimate of drug-likeness (QED) is 0.443. The predicted molar refractivity (Wildman–Crippen MR) is 133 cm³/mol. The molecule has 0 saturated carbocycles. The number of benzene rings is 2. The van der Waals surface area contributed by atoms with E-state index in [1.165, 1.54) is 31.8 Å². The summed E-state index contributed by atoms with van der Waals surface area (Å²) in [5.41, 5.74) is 5.77. The number of nitrogens with two attached hydrogens (primary N) is 1. The number of fused-ring (bicyclic) bond motifs is 1. The average Bonchev–Trinajstić information content (AvgIpc) is 2.81. The topological polar surface area (TPSA) is 121 Å². The zero-order valence-corrected chi connectivity index (χ0v) is 19.9. The molecule has 0 aliphatic heterocycles. The number of nitrogen functional groups attached to an aromatic ring is 1. The van der Waals surface area contributed by atoms with Crippen LogP contribution in [-0.2, 0) is 14.1 Å². The van der Waals surface area contributed by atoms with Gasteiger partial charge in [-0.05, 0) is 24.3 Å². The van der Waals surface area contributed by atoms with Gasteiger partial charge in [0.25, 0.3) is 11.5 Å². The van der Waals surface area contributed by atoms with Crippen LogP contribution in [0.15, 0.2) is 52.1 Å². The zero-order valence-electron chi connectivity index (χ0n) is 18.3. The number of ether oxygens (including phenoxy) is 1. The molecule has 0 aliphatic carbocycles. The number of methoxy groups -OCH3 is 1. The SMILES string of the molecule is COc1ccc(Cl)cc1NC(=O)c1c(N)nc2c(c1-c1ccccc1Cl)c(=O)n(C)c(=O)n2C. The molecule has 0 radical (unpaired) electrons. The van der Waals surface area contributed by atoms with Crippen molar-refractivity contribution in [1.29, 1.82) is 0 Å². The maximum absolute atomic E-state index is 13.6. The van der Waals surface area contributed by atoms with E-state index in [1.54, 1.807) is 36.4 Å². The van der Waals surface area contributed by atoms with E-state index < -0.39 is 17.2 Å². The second kappa shape index (κ2) is 8.85. The fourth-order valence-corrected chi connectivity index (χ4v) is 4.13. The number of carbonyl (C=O) groups excluding carboxylic acids is 1. The lowest BCUT2D eigenvalue weighted by atomic mass is 9.96. The zero-order chi connectivity index (χ0) is 24.7. The highest BCUT2D eigenvalue weighted by atomic mass is 35.5. The van der Waals surface area contributed by atoms with E-state index in [1.807, 2.05) is 0 Å². The smallest absolute Gasteiger partial charge is 0.332 e. The Morgan fingerprint density at radius 1 is 1.09 bits per heavy atom. The Morgan fingerprint density at radius 2 is 1.79 bits per heavy atom. The molecule has 9 nitrogen and oxygen atoms in total. The number of amides is 1. The first-order chi connectivity index (χ1) is 16.1. The van der Waals surface area contributed by atoms with Gasteiger partial charge in [-0.1, -0.05) is 41.4 Å². The third kappa shape index (κ3) is 3.78. The number of nitrogens with zero attached hydrogens (tertiary/aromatic N) is 3. The van der Waals surface area contributed by atoms with Gasteiger partial charge < -0.3 is 15.8 Å². The minimum Gasteiger partial charge on any atom is -0.495 e. The summed E-state index contributed by atoms with van der Waals surface area (Å²) < 4.78 is 7.42. The molecule has 0 bridgehead atoms. The van der Waals surface area contributed by atoms with Crippen LogP contribution in [0.1, 0.15) is 10.4 Å². The van der Waals surface area contributed by atoms with Gasteiger partial charge in [0.15, 0.2) is 5.65 Å². The van der Waals surface area contributed by atoms with Crippen LogP contribution in [-0.4, -0.2) is 27.1 Å². The van der Waals surface area contributed by atoms with Crippen LogP contribution in [0.3, 0.4) is 0 Å². The van der Waals surface area contributed by atoms with Gasteiger partial charge in [-0.25, -0.2) is 9.78 Å². The first-order valence-electron chi connectivity index (χ1n) is 9.94. The Morgan fingerprint density at radius 3 is 2.47 bits per heavy atom. The fourth-order valence-electron chi connectivity index (χ4n) is 3.73. The molecule has 0 fully saturated rings. The molecule has 2 aromatic heterocycles. The number of aromatic nitrogens is 3. The molecule has 34 heavy (non-hydrogen) atoms. The van der Waals surface area contributed by atoms with Gasteiger partial charge in [-0.2, -0.15) is 0 Å². The van der Waals surface area contributed by atoms with Gasteiger partial charge in [0.05, 0.1) is 23.7 Å². The van der Waals surface area contributed by atoms with E-state index >= 15 is 0 Å². The number of carbonyl (C=O) groups is 1. The molecule has 4 rings (SSSR count). The summed E-state index contributed by atoms with van der Waals surface area (Å²) in [7, 11) is 4.25. The van der Waals surface area contributed by atoms with Crippen LogP contribution in [0, 0.1) is 0 Å². The number of anilines is 2. The second-order valence-electron chi connectivity index (χ2n) is 7.43. The molecule has 0 unspecified atom stereocenters. The normalized spacial score (nSPS) is 11.0. The van der Waals surface area contributed by atoms with Crippen molar-refractivity contribution >= 4 is 51.6 Å². The summed E-state index contributed by atoms with van der Waals surface area (Å²) >= 11 is 12.6. The van der Waals surface area contributed by atoms with Crippen molar-refractivity contribution in [2.24, 2.45) is 14.1 Å². The molecule has 1 amide bonds. The van der Waals surface area contributed by atoms with E-state index in [0.717, 1.165) is 4.57 Å². The molecule has 0 aliphatic rings. The summed E-state index contributed by atoms with van der Waals surface area (Å²) in [6.45, 7) is 0. The van der Waals surface area contributed by atoms with Crippen LogP contribution in [0.25, 0.3) is 22.2 Å². The van der Waals surface area contributed by atoms with Crippen LogP contribution < -0.4 is 27.0 Å². The molecule has 0 saturated heterocycles. The van der Waals surface area contributed by atoms with Gasteiger partial charge in [0, 0.05) is 35.3 Å².